The van der Waals surface area contributed by atoms with Gasteiger partial charge < -0.3 is 15.3 Å². The first kappa shape index (κ1) is 15.6. The Morgan fingerprint density at radius 2 is 2.15 bits per heavy atom. The lowest BCUT2D eigenvalue weighted by molar-refractivity contribution is 0.238. The third-order valence-corrected chi connectivity index (χ3v) is 4.04. The normalized spacial score (nSPS) is 19.6. The smallest absolute Gasteiger partial charge is 0.0642 e. The van der Waals surface area contributed by atoms with Crippen molar-refractivity contribution in [1.82, 2.24) is 5.32 Å². The monoisotopic (exact) mass is 296 g/mol. The zero-order valence-corrected chi connectivity index (χ0v) is 13.4. The predicted molar refractivity (Wildman–Crippen MR) is 85.5 cm³/mol. The molecule has 1 fully saturated rings. The highest BCUT2D eigenvalue weighted by Crippen LogP contribution is 2.33. The van der Waals surface area contributed by atoms with Gasteiger partial charge in [-0.05, 0) is 38.8 Å². The van der Waals surface area contributed by atoms with Gasteiger partial charge in [0.05, 0.1) is 10.7 Å². The van der Waals surface area contributed by atoms with Crippen LogP contribution in [-0.4, -0.2) is 30.3 Å². The molecular formula is C16H25ClN2O. The van der Waals surface area contributed by atoms with E-state index in [1.807, 2.05) is 12.1 Å². The number of aliphatic hydroxyl groups is 1. The predicted octanol–water partition coefficient (Wildman–Crippen LogP) is 3.05. The molecule has 1 aromatic rings. The van der Waals surface area contributed by atoms with E-state index in [0.29, 0.717) is 5.92 Å². The summed E-state index contributed by atoms with van der Waals surface area (Å²) in [4.78, 5) is 2.31. The van der Waals surface area contributed by atoms with E-state index in [9.17, 15) is 5.11 Å². The van der Waals surface area contributed by atoms with Crippen molar-refractivity contribution in [2.45, 2.75) is 39.3 Å². The molecule has 0 aliphatic carbocycles. The van der Waals surface area contributed by atoms with Crippen molar-refractivity contribution >= 4 is 17.3 Å². The molecule has 20 heavy (non-hydrogen) atoms. The molecular weight excluding hydrogens is 272 g/mol. The van der Waals surface area contributed by atoms with Crippen molar-refractivity contribution in [2.24, 2.45) is 5.92 Å². The quantitative estimate of drug-likeness (QED) is 0.896. The van der Waals surface area contributed by atoms with Gasteiger partial charge in [0.25, 0.3) is 0 Å². The Morgan fingerprint density at radius 1 is 1.40 bits per heavy atom. The molecule has 0 spiro atoms. The van der Waals surface area contributed by atoms with E-state index in [1.54, 1.807) is 0 Å². The number of para-hydroxylation sites is 1. The fourth-order valence-electron chi connectivity index (χ4n) is 2.60. The van der Waals surface area contributed by atoms with Gasteiger partial charge in [-0.3, -0.25) is 0 Å². The van der Waals surface area contributed by atoms with E-state index in [0.717, 1.165) is 36.8 Å². The number of rotatable bonds is 4. The topological polar surface area (TPSA) is 35.5 Å². The number of aliphatic hydroxyl groups excluding tert-OH is 1. The SMILES string of the molecule is CC(C)(C)NCc1cccc(Cl)c1N1CCC(CO)C1. The summed E-state index contributed by atoms with van der Waals surface area (Å²) in [6.45, 7) is 9.41. The van der Waals surface area contributed by atoms with Crippen LogP contribution in [0.3, 0.4) is 0 Å². The third-order valence-electron chi connectivity index (χ3n) is 3.74. The van der Waals surface area contributed by atoms with Crippen molar-refractivity contribution in [2.75, 3.05) is 24.6 Å². The molecule has 0 bridgehead atoms. The lowest BCUT2D eigenvalue weighted by atomic mass is 10.1. The van der Waals surface area contributed by atoms with Crippen molar-refractivity contribution < 1.29 is 5.11 Å². The molecule has 3 nitrogen and oxygen atoms in total. The fraction of sp³-hybridized carbons (Fsp3) is 0.625. The Bertz CT molecular complexity index is 456. The molecule has 1 unspecified atom stereocenters. The van der Waals surface area contributed by atoms with Gasteiger partial charge in [0.15, 0.2) is 0 Å². The summed E-state index contributed by atoms with van der Waals surface area (Å²) < 4.78 is 0. The van der Waals surface area contributed by atoms with Gasteiger partial charge >= 0.3 is 0 Å². The number of anilines is 1. The molecule has 112 valence electrons. The minimum atomic E-state index is 0.0816. The molecule has 1 heterocycles. The van der Waals surface area contributed by atoms with Crippen molar-refractivity contribution in [1.29, 1.82) is 0 Å². The van der Waals surface area contributed by atoms with Crippen LogP contribution < -0.4 is 10.2 Å². The molecule has 0 amide bonds. The number of benzene rings is 1. The van der Waals surface area contributed by atoms with E-state index in [-0.39, 0.29) is 12.1 Å². The Hall–Kier alpha value is -0.770. The number of nitrogens with zero attached hydrogens (tertiary/aromatic N) is 1. The summed E-state index contributed by atoms with van der Waals surface area (Å²) in [7, 11) is 0. The summed E-state index contributed by atoms with van der Waals surface area (Å²) in [5.74, 6) is 0.370. The Morgan fingerprint density at radius 3 is 2.75 bits per heavy atom. The van der Waals surface area contributed by atoms with Crippen molar-refractivity contribution in [3.63, 3.8) is 0 Å². The molecule has 1 saturated heterocycles. The van der Waals surface area contributed by atoms with Crippen molar-refractivity contribution in [3.8, 4) is 0 Å². The number of hydrogen-bond donors (Lipinski definition) is 2. The van der Waals surface area contributed by atoms with Crippen LogP contribution >= 0.6 is 11.6 Å². The number of hydrogen-bond acceptors (Lipinski definition) is 3. The van der Waals surface area contributed by atoms with Crippen LogP contribution in [0.15, 0.2) is 18.2 Å². The second kappa shape index (κ2) is 6.33. The van der Waals surface area contributed by atoms with Gasteiger partial charge in [0, 0.05) is 37.7 Å². The molecule has 4 heteroatoms. The zero-order valence-electron chi connectivity index (χ0n) is 12.6. The minimum Gasteiger partial charge on any atom is -0.396 e. The lowest BCUT2D eigenvalue weighted by Gasteiger charge is -2.26. The van der Waals surface area contributed by atoms with Crippen LogP contribution in [-0.2, 0) is 6.54 Å². The van der Waals surface area contributed by atoms with Crippen LogP contribution in [0, 0.1) is 5.92 Å². The largest absolute Gasteiger partial charge is 0.396 e. The van der Waals surface area contributed by atoms with Crippen molar-refractivity contribution in [3.05, 3.63) is 28.8 Å². The molecule has 1 atom stereocenters. The zero-order chi connectivity index (χ0) is 14.8. The molecule has 2 rings (SSSR count). The summed E-state index contributed by atoms with van der Waals surface area (Å²) >= 11 is 6.42. The van der Waals surface area contributed by atoms with Crippen LogP contribution in [0.25, 0.3) is 0 Å². The fourth-order valence-corrected chi connectivity index (χ4v) is 2.92. The highest BCUT2D eigenvalue weighted by Gasteiger charge is 2.25. The molecule has 1 aliphatic heterocycles. The molecule has 0 aromatic heterocycles. The maximum Gasteiger partial charge on any atom is 0.0642 e. The Labute approximate surface area is 126 Å². The van der Waals surface area contributed by atoms with Crippen LogP contribution in [0.4, 0.5) is 5.69 Å². The van der Waals surface area contributed by atoms with Gasteiger partial charge in [0.2, 0.25) is 0 Å². The molecule has 0 radical (unpaired) electrons. The van der Waals surface area contributed by atoms with Gasteiger partial charge in [-0.15, -0.1) is 0 Å². The van der Waals surface area contributed by atoms with Gasteiger partial charge in [-0.2, -0.15) is 0 Å². The summed E-state index contributed by atoms with van der Waals surface area (Å²) in [6.07, 6.45) is 1.04. The Balaban J connectivity index is 2.19. The van der Waals surface area contributed by atoms with Gasteiger partial charge in [-0.25, -0.2) is 0 Å². The summed E-state index contributed by atoms with van der Waals surface area (Å²) in [5.41, 5.74) is 2.44. The van der Waals surface area contributed by atoms with Crippen LogP contribution in [0.2, 0.25) is 5.02 Å². The first-order valence-corrected chi connectivity index (χ1v) is 7.67. The van der Waals surface area contributed by atoms with E-state index in [4.69, 9.17) is 11.6 Å². The minimum absolute atomic E-state index is 0.0816. The second-order valence-corrected chi connectivity index (χ2v) is 7.04. The summed E-state index contributed by atoms with van der Waals surface area (Å²) in [5, 5.41) is 13.6. The molecule has 1 aliphatic rings. The standard InChI is InChI=1S/C16H25ClN2O/c1-16(2,3)18-9-13-5-4-6-14(17)15(13)19-8-7-12(10-19)11-20/h4-6,12,18,20H,7-11H2,1-3H3. The molecule has 1 aromatic carbocycles. The first-order valence-electron chi connectivity index (χ1n) is 7.29. The maximum atomic E-state index is 9.31. The lowest BCUT2D eigenvalue weighted by Crippen LogP contribution is -2.35. The maximum absolute atomic E-state index is 9.31. The highest BCUT2D eigenvalue weighted by atomic mass is 35.5. The third kappa shape index (κ3) is 3.87. The van der Waals surface area contributed by atoms with E-state index < -0.39 is 0 Å². The second-order valence-electron chi connectivity index (χ2n) is 6.63. The number of halogens is 1. The average Bonchev–Trinajstić information content (AvgIpc) is 2.84. The highest BCUT2D eigenvalue weighted by molar-refractivity contribution is 6.33. The van der Waals surface area contributed by atoms with Gasteiger partial charge in [-0.1, -0.05) is 23.7 Å². The molecule has 0 saturated carbocycles. The van der Waals surface area contributed by atoms with E-state index in [2.05, 4.69) is 37.1 Å². The average molecular weight is 297 g/mol. The van der Waals surface area contributed by atoms with Crippen LogP contribution in [0.5, 0.6) is 0 Å². The Kier molecular flexibility index (Phi) is 4.95. The number of nitrogens with one attached hydrogen (secondary N) is 1. The van der Waals surface area contributed by atoms with Crippen LogP contribution in [0.1, 0.15) is 32.8 Å². The summed E-state index contributed by atoms with van der Waals surface area (Å²) in [6, 6.07) is 6.08. The van der Waals surface area contributed by atoms with E-state index >= 15 is 0 Å². The molecule has 2 N–H and O–H groups in total. The first-order chi connectivity index (χ1) is 9.40. The van der Waals surface area contributed by atoms with Gasteiger partial charge in [0.1, 0.15) is 0 Å². The van der Waals surface area contributed by atoms with E-state index in [1.165, 1.54) is 5.56 Å².